The van der Waals surface area contributed by atoms with Gasteiger partial charge in [0.15, 0.2) is 17.5 Å². The van der Waals surface area contributed by atoms with Gasteiger partial charge in [0.1, 0.15) is 11.2 Å². The number of para-hydroxylation sites is 2. The molecule has 4 nitrogen and oxygen atoms in total. The second-order valence-electron chi connectivity index (χ2n) is 15.2. The molecule has 0 spiro atoms. The van der Waals surface area contributed by atoms with E-state index in [-0.39, 0.29) is 5.41 Å². The summed E-state index contributed by atoms with van der Waals surface area (Å²) in [5, 5.41) is 4.69. The lowest BCUT2D eigenvalue weighted by Crippen LogP contribution is -2.15. The quantitative estimate of drug-likeness (QED) is 0.178. The van der Waals surface area contributed by atoms with Crippen LogP contribution < -0.4 is 0 Å². The zero-order valence-electron chi connectivity index (χ0n) is 31.0. The lowest BCUT2D eigenvalue weighted by atomic mass is 9.79. The zero-order valence-corrected chi connectivity index (χ0v) is 31.0. The van der Waals surface area contributed by atoms with Crippen LogP contribution >= 0.6 is 0 Å². The molecule has 264 valence electrons. The highest BCUT2D eigenvalue weighted by atomic mass is 16.3. The monoisotopic (exact) mass is 717 g/mol. The van der Waals surface area contributed by atoms with Gasteiger partial charge in [-0.05, 0) is 80.0 Å². The predicted molar refractivity (Wildman–Crippen MR) is 229 cm³/mol. The van der Waals surface area contributed by atoms with Crippen LogP contribution in [0.4, 0.5) is 0 Å². The largest absolute Gasteiger partial charge is 0.455 e. The number of aromatic nitrogens is 3. The summed E-state index contributed by atoms with van der Waals surface area (Å²) < 4.78 is 6.65. The van der Waals surface area contributed by atoms with Gasteiger partial charge in [-0.15, -0.1) is 0 Å². The number of hydrogen-bond acceptors (Lipinski definition) is 4. The summed E-state index contributed by atoms with van der Waals surface area (Å²) in [5.74, 6) is 1.86. The van der Waals surface area contributed by atoms with Crippen molar-refractivity contribution >= 4 is 32.7 Å². The van der Waals surface area contributed by atoms with E-state index in [9.17, 15) is 0 Å². The molecule has 0 fully saturated rings. The Balaban J connectivity index is 1.23. The van der Waals surface area contributed by atoms with Crippen LogP contribution in [0.25, 0.3) is 100 Å². The first-order valence-electron chi connectivity index (χ1n) is 19.1. The third-order valence-corrected chi connectivity index (χ3v) is 11.5. The topological polar surface area (TPSA) is 51.8 Å². The lowest BCUT2D eigenvalue weighted by molar-refractivity contribution is 0.666. The van der Waals surface area contributed by atoms with E-state index in [4.69, 9.17) is 19.4 Å². The molecule has 1 aliphatic carbocycles. The van der Waals surface area contributed by atoms with Crippen molar-refractivity contribution in [3.8, 4) is 67.5 Å². The van der Waals surface area contributed by atoms with E-state index in [1.54, 1.807) is 0 Å². The second kappa shape index (κ2) is 12.4. The van der Waals surface area contributed by atoms with Crippen molar-refractivity contribution in [2.24, 2.45) is 0 Å². The molecule has 10 aromatic rings. The maximum absolute atomic E-state index is 6.65. The summed E-state index contributed by atoms with van der Waals surface area (Å²) in [6, 6.07) is 61.9. The summed E-state index contributed by atoms with van der Waals surface area (Å²) in [7, 11) is 0. The molecule has 0 unspecified atom stereocenters. The fourth-order valence-corrected chi connectivity index (χ4v) is 8.86. The maximum Gasteiger partial charge on any atom is 0.164 e. The number of rotatable bonds is 5. The van der Waals surface area contributed by atoms with Gasteiger partial charge in [0.2, 0.25) is 0 Å². The lowest BCUT2D eigenvalue weighted by Gasteiger charge is -2.24. The molecule has 8 aromatic carbocycles. The molecule has 0 aliphatic heterocycles. The molecule has 0 saturated heterocycles. The molecule has 0 bridgehead atoms. The highest BCUT2D eigenvalue weighted by molar-refractivity contribution is 6.10. The molecule has 0 atom stereocenters. The Morgan fingerprint density at radius 1 is 0.411 bits per heavy atom. The van der Waals surface area contributed by atoms with E-state index in [1.807, 2.05) is 48.5 Å². The smallest absolute Gasteiger partial charge is 0.164 e. The molecule has 0 radical (unpaired) electrons. The van der Waals surface area contributed by atoms with Crippen molar-refractivity contribution in [2.45, 2.75) is 19.3 Å². The van der Waals surface area contributed by atoms with Crippen LogP contribution in [0.3, 0.4) is 0 Å². The predicted octanol–water partition coefficient (Wildman–Crippen LogP) is 13.6. The Morgan fingerprint density at radius 3 is 1.68 bits per heavy atom. The number of fused-ring (bicyclic) bond motifs is 8. The van der Waals surface area contributed by atoms with Crippen LogP contribution in [0.2, 0.25) is 0 Å². The molecule has 0 N–H and O–H groups in total. The molecule has 2 aromatic heterocycles. The third-order valence-electron chi connectivity index (χ3n) is 11.5. The van der Waals surface area contributed by atoms with Crippen molar-refractivity contribution in [3.63, 3.8) is 0 Å². The Hall–Kier alpha value is -7.17. The number of benzene rings is 8. The Morgan fingerprint density at radius 2 is 0.946 bits per heavy atom. The molecule has 0 saturated carbocycles. The Bertz CT molecular complexity index is 3100. The molecule has 1 aliphatic rings. The van der Waals surface area contributed by atoms with Crippen LogP contribution in [-0.2, 0) is 5.41 Å². The van der Waals surface area contributed by atoms with Gasteiger partial charge >= 0.3 is 0 Å². The van der Waals surface area contributed by atoms with E-state index in [0.717, 1.165) is 55.3 Å². The summed E-state index contributed by atoms with van der Waals surface area (Å²) in [6.07, 6.45) is 0. The van der Waals surface area contributed by atoms with Gasteiger partial charge in [-0.2, -0.15) is 0 Å². The summed E-state index contributed by atoms with van der Waals surface area (Å²) >= 11 is 0. The SMILES string of the molecule is CC1(C)c2ccccc2-c2c(-c3cc(-c4nc(-c5ccccc5)nc(-c5ccccc5)n4)cc(-c4cccc5c4oc4ccccc45)c3)cc3ccccc3c21. The van der Waals surface area contributed by atoms with Crippen molar-refractivity contribution < 1.29 is 4.42 Å². The third kappa shape index (κ3) is 5.03. The van der Waals surface area contributed by atoms with E-state index in [0.29, 0.717) is 17.5 Å². The fraction of sp³-hybridized carbons (Fsp3) is 0.0577. The highest BCUT2D eigenvalue weighted by Crippen LogP contribution is 2.55. The fourth-order valence-electron chi connectivity index (χ4n) is 8.86. The van der Waals surface area contributed by atoms with Crippen molar-refractivity contribution in [1.82, 2.24) is 15.0 Å². The molecular formula is C52H35N3O. The molecule has 0 amide bonds. The molecule has 56 heavy (non-hydrogen) atoms. The Labute approximate surface area is 324 Å². The van der Waals surface area contributed by atoms with Crippen molar-refractivity contribution in [3.05, 3.63) is 187 Å². The molecule has 4 heteroatoms. The van der Waals surface area contributed by atoms with E-state index >= 15 is 0 Å². The molecule has 2 heterocycles. The van der Waals surface area contributed by atoms with Gasteiger partial charge in [-0.1, -0.05) is 159 Å². The van der Waals surface area contributed by atoms with Gasteiger partial charge in [0, 0.05) is 38.4 Å². The van der Waals surface area contributed by atoms with Gasteiger partial charge < -0.3 is 4.42 Å². The highest BCUT2D eigenvalue weighted by Gasteiger charge is 2.38. The summed E-state index contributed by atoms with van der Waals surface area (Å²) in [6.45, 7) is 4.72. The minimum Gasteiger partial charge on any atom is -0.455 e. The van der Waals surface area contributed by atoms with Crippen LogP contribution in [0.5, 0.6) is 0 Å². The normalized spacial score (nSPS) is 13.0. The minimum absolute atomic E-state index is 0.189. The average molecular weight is 718 g/mol. The zero-order chi connectivity index (χ0) is 37.4. The first-order chi connectivity index (χ1) is 27.5. The standard InChI is InChI=1S/C52H35N3O/c1-52(2)44-26-13-11-23-42(44)46-43(31-34-20-9-10-21-38(34)47(46)52)36-28-35(39-24-15-25-41-40-22-12-14-27-45(40)56-48(39)41)29-37(30-36)51-54-49(32-16-5-3-6-17-32)53-50(55-51)33-18-7-4-8-19-33/h3-31H,1-2H3. The van der Waals surface area contributed by atoms with Crippen LogP contribution in [0, 0.1) is 0 Å². The number of nitrogens with zero attached hydrogens (tertiary/aromatic N) is 3. The molecule has 11 rings (SSSR count). The van der Waals surface area contributed by atoms with Crippen LogP contribution in [0.15, 0.2) is 180 Å². The first-order valence-corrected chi connectivity index (χ1v) is 19.1. The minimum atomic E-state index is -0.189. The molecular weight excluding hydrogens is 683 g/mol. The number of hydrogen-bond donors (Lipinski definition) is 0. The second-order valence-corrected chi connectivity index (χ2v) is 15.2. The summed E-state index contributed by atoms with van der Waals surface area (Å²) in [5.41, 5.74) is 13.9. The van der Waals surface area contributed by atoms with Crippen LogP contribution in [0.1, 0.15) is 25.0 Å². The van der Waals surface area contributed by atoms with E-state index < -0.39 is 0 Å². The maximum atomic E-state index is 6.65. The van der Waals surface area contributed by atoms with Crippen LogP contribution in [-0.4, -0.2) is 15.0 Å². The van der Waals surface area contributed by atoms with Crippen molar-refractivity contribution in [2.75, 3.05) is 0 Å². The number of furan rings is 1. The van der Waals surface area contributed by atoms with Gasteiger partial charge in [-0.25, -0.2) is 15.0 Å². The first kappa shape index (κ1) is 32.3. The van der Waals surface area contributed by atoms with Gasteiger partial charge in [0.25, 0.3) is 0 Å². The summed E-state index contributed by atoms with van der Waals surface area (Å²) in [4.78, 5) is 15.4. The van der Waals surface area contributed by atoms with Gasteiger partial charge in [-0.3, -0.25) is 0 Å². The Kier molecular flexibility index (Phi) is 7.17. The van der Waals surface area contributed by atoms with E-state index in [1.165, 1.54) is 38.6 Å². The van der Waals surface area contributed by atoms with E-state index in [2.05, 4.69) is 141 Å². The van der Waals surface area contributed by atoms with Gasteiger partial charge in [0.05, 0.1) is 0 Å². The average Bonchev–Trinajstić information content (AvgIpc) is 3.76. The van der Waals surface area contributed by atoms with Crippen molar-refractivity contribution in [1.29, 1.82) is 0 Å².